The predicted octanol–water partition coefficient (Wildman–Crippen LogP) is 8.43. The van der Waals surface area contributed by atoms with Crippen LogP contribution in [0.4, 0.5) is 17.6 Å². The number of allylic oxidation sites excluding steroid dienone is 2. The first-order chi connectivity index (χ1) is 15.4. The fourth-order valence-corrected chi connectivity index (χ4v) is 3.73. The van der Waals surface area contributed by atoms with Crippen LogP contribution in [-0.2, 0) is 19.3 Å². The zero-order chi connectivity index (χ0) is 23.3. The molecular weight excluding hydrogens is 416 g/mol. The van der Waals surface area contributed by atoms with Gasteiger partial charge in [0.05, 0.1) is 12.4 Å². The maximum atomic E-state index is 14.5. The minimum Gasteiger partial charge on any atom is -0.491 e. The molecule has 0 aliphatic rings. The van der Waals surface area contributed by atoms with Crippen LogP contribution in [0.3, 0.4) is 0 Å². The lowest BCUT2D eigenvalue weighted by atomic mass is 9.99. The van der Waals surface area contributed by atoms with Crippen molar-refractivity contribution in [2.45, 2.75) is 78.1 Å². The van der Waals surface area contributed by atoms with Crippen molar-refractivity contribution < 1.29 is 22.3 Å². The molecule has 0 amide bonds. The molecule has 0 N–H and O–H groups in total. The molecule has 2 aromatic carbocycles. The Morgan fingerprint density at radius 2 is 1.50 bits per heavy atom. The van der Waals surface area contributed by atoms with Crippen molar-refractivity contribution in [3.05, 3.63) is 76.4 Å². The van der Waals surface area contributed by atoms with E-state index < -0.39 is 11.6 Å². The molecule has 0 saturated heterocycles. The maximum absolute atomic E-state index is 14.5. The van der Waals surface area contributed by atoms with Gasteiger partial charge in [-0.1, -0.05) is 50.0 Å². The van der Waals surface area contributed by atoms with Crippen LogP contribution in [0, 0.1) is 17.5 Å². The van der Waals surface area contributed by atoms with Gasteiger partial charge in [-0.3, -0.25) is 0 Å². The molecule has 0 heterocycles. The van der Waals surface area contributed by atoms with Gasteiger partial charge >= 0.3 is 0 Å². The van der Waals surface area contributed by atoms with Gasteiger partial charge in [0.2, 0.25) is 5.82 Å². The molecule has 32 heavy (non-hydrogen) atoms. The molecule has 0 unspecified atom stereocenters. The monoisotopic (exact) mass is 450 g/mol. The van der Waals surface area contributed by atoms with Gasteiger partial charge in [0.25, 0.3) is 0 Å². The highest BCUT2D eigenvalue weighted by molar-refractivity contribution is 5.32. The number of rotatable bonds is 14. The van der Waals surface area contributed by atoms with Gasteiger partial charge in [-0.05, 0) is 81.2 Å². The summed E-state index contributed by atoms with van der Waals surface area (Å²) in [6.07, 6.45) is 10.1. The van der Waals surface area contributed by atoms with Crippen molar-refractivity contribution in [2.75, 3.05) is 6.61 Å². The lowest BCUT2D eigenvalue weighted by molar-refractivity contribution is 0.313. The van der Waals surface area contributed by atoms with Crippen LogP contribution in [0.25, 0.3) is 0 Å². The maximum Gasteiger partial charge on any atom is 0.200 e. The van der Waals surface area contributed by atoms with E-state index >= 15 is 0 Å². The zero-order valence-corrected chi connectivity index (χ0v) is 19.2. The van der Waals surface area contributed by atoms with Crippen molar-refractivity contribution in [3.8, 4) is 5.75 Å². The second-order valence-corrected chi connectivity index (χ2v) is 8.16. The largest absolute Gasteiger partial charge is 0.491 e. The zero-order valence-electron chi connectivity index (χ0n) is 19.2. The highest BCUT2D eigenvalue weighted by atomic mass is 19.2. The minimum absolute atomic E-state index is 0.0896. The summed E-state index contributed by atoms with van der Waals surface area (Å²) < 4.78 is 60.3. The van der Waals surface area contributed by atoms with Crippen molar-refractivity contribution in [3.63, 3.8) is 0 Å². The SMILES string of the molecule is CCOc1ccc(CCc2ccc(CCCCCCCC/C=C(\C)F)c(F)c2)c(F)c1F. The molecule has 5 heteroatoms. The molecule has 176 valence electrons. The molecule has 0 aliphatic carbocycles. The molecule has 0 spiro atoms. The molecule has 0 aliphatic heterocycles. The number of aryl methyl sites for hydroxylation is 3. The fourth-order valence-electron chi connectivity index (χ4n) is 3.73. The quantitative estimate of drug-likeness (QED) is 0.207. The van der Waals surface area contributed by atoms with Crippen molar-refractivity contribution in [1.29, 1.82) is 0 Å². The lowest BCUT2D eigenvalue weighted by Gasteiger charge is -2.10. The summed E-state index contributed by atoms with van der Waals surface area (Å²) in [4.78, 5) is 0. The average Bonchev–Trinajstić information content (AvgIpc) is 2.76. The van der Waals surface area contributed by atoms with E-state index in [1.54, 1.807) is 19.1 Å². The van der Waals surface area contributed by atoms with Crippen molar-refractivity contribution in [1.82, 2.24) is 0 Å². The molecule has 0 radical (unpaired) electrons. The first-order valence-corrected chi connectivity index (χ1v) is 11.6. The molecule has 0 fully saturated rings. The number of hydrogen-bond donors (Lipinski definition) is 0. The number of halogens is 4. The summed E-state index contributed by atoms with van der Waals surface area (Å²) >= 11 is 0. The minimum atomic E-state index is -0.974. The van der Waals surface area contributed by atoms with Crippen LogP contribution >= 0.6 is 0 Å². The van der Waals surface area contributed by atoms with Gasteiger partial charge in [-0.15, -0.1) is 0 Å². The fraction of sp³-hybridized carbons (Fsp3) is 0.481. The Hall–Kier alpha value is -2.30. The number of hydrogen-bond acceptors (Lipinski definition) is 1. The van der Waals surface area contributed by atoms with E-state index in [0.717, 1.165) is 50.5 Å². The summed E-state index contributed by atoms with van der Waals surface area (Å²) in [6.45, 7) is 3.44. The Balaban J connectivity index is 1.74. The van der Waals surface area contributed by atoms with Crippen LogP contribution in [-0.4, -0.2) is 6.61 Å². The highest BCUT2D eigenvalue weighted by Gasteiger charge is 2.14. The van der Waals surface area contributed by atoms with E-state index in [1.807, 2.05) is 6.07 Å². The van der Waals surface area contributed by atoms with Gasteiger partial charge in [-0.2, -0.15) is 4.39 Å². The molecule has 0 bridgehead atoms. The normalized spacial score (nSPS) is 11.8. The van der Waals surface area contributed by atoms with Crippen LogP contribution in [0.2, 0.25) is 0 Å². The molecule has 0 atom stereocenters. The van der Waals surface area contributed by atoms with E-state index in [4.69, 9.17) is 4.74 Å². The first kappa shape index (κ1) is 26.0. The van der Waals surface area contributed by atoms with Crippen LogP contribution < -0.4 is 4.74 Å². The van der Waals surface area contributed by atoms with Crippen LogP contribution in [0.15, 0.2) is 42.2 Å². The van der Waals surface area contributed by atoms with Gasteiger partial charge in [-0.25, -0.2) is 13.2 Å². The third-order valence-electron chi connectivity index (χ3n) is 5.55. The Labute approximate surface area is 189 Å². The third-order valence-corrected chi connectivity index (χ3v) is 5.55. The number of benzene rings is 2. The van der Waals surface area contributed by atoms with Gasteiger partial charge in [0, 0.05) is 0 Å². The molecule has 0 saturated carbocycles. The van der Waals surface area contributed by atoms with Crippen LogP contribution in [0.5, 0.6) is 5.75 Å². The summed E-state index contributed by atoms with van der Waals surface area (Å²) in [5, 5.41) is 0. The van der Waals surface area contributed by atoms with E-state index in [0.29, 0.717) is 18.4 Å². The Morgan fingerprint density at radius 1 is 0.812 bits per heavy atom. The molecule has 1 nitrogen and oxygen atoms in total. The van der Waals surface area contributed by atoms with Gasteiger partial charge < -0.3 is 4.74 Å². The number of ether oxygens (including phenoxy) is 1. The van der Waals surface area contributed by atoms with E-state index in [9.17, 15) is 17.6 Å². The van der Waals surface area contributed by atoms with Gasteiger partial charge in [0.1, 0.15) is 5.82 Å². The van der Waals surface area contributed by atoms with Crippen molar-refractivity contribution >= 4 is 0 Å². The van der Waals surface area contributed by atoms with Gasteiger partial charge in [0.15, 0.2) is 11.6 Å². The Kier molecular flexibility index (Phi) is 11.3. The van der Waals surface area contributed by atoms with E-state index in [-0.39, 0.29) is 36.0 Å². The summed E-state index contributed by atoms with van der Waals surface area (Å²) in [7, 11) is 0. The Morgan fingerprint density at radius 3 is 2.19 bits per heavy atom. The first-order valence-electron chi connectivity index (χ1n) is 11.6. The summed E-state index contributed by atoms with van der Waals surface area (Å²) in [5.74, 6) is -2.32. The predicted molar refractivity (Wildman–Crippen MR) is 122 cm³/mol. The second-order valence-electron chi connectivity index (χ2n) is 8.16. The molecule has 0 aromatic heterocycles. The number of unbranched alkanes of at least 4 members (excludes halogenated alkanes) is 6. The summed E-state index contributed by atoms with van der Waals surface area (Å²) in [5.41, 5.74) is 1.71. The summed E-state index contributed by atoms with van der Waals surface area (Å²) in [6, 6.07) is 8.11. The second kappa shape index (κ2) is 14.0. The third kappa shape index (κ3) is 8.68. The highest BCUT2D eigenvalue weighted by Crippen LogP contribution is 2.24. The van der Waals surface area contributed by atoms with E-state index in [2.05, 4.69) is 0 Å². The molecule has 2 rings (SSSR count). The van der Waals surface area contributed by atoms with E-state index in [1.165, 1.54) is 25.1 Å². The topological polar surface area (TPSA) is 9.23 Å². The standard InChI is InChI=1S/C27H34F4O/c1-3-32-25-18-17-23(26(30)27(25)31)16-14-21-13-15-22(24(29)19-21)12-10-8-6-4-5-7-9-11-20(2)28/h11,13,15,17-19H,3-10,12,14,16H2,1-2H3/b20-11+. The van der Waals surface area contributed by atoms with Crippen molar-refractivity contribution in [2.24, 2.45) is 0 Å². The Bertz CT molecular complexity index is 872. The lowest BCUT2D eigenvalue weighted by Crippen LogP contribution is -2.02. The molecular formula is C27H34F4O. The average molecular weight is 451 g/mol. The van der Waals surface area contributed by atoms with Crippen LogP contribution in [0.1, 0.15) is 75.5 Å². The smallest absolute Gasteiger partial charge is 0.200 e. The molecule has 2 aromatic rings.